The third-order valence-corrected chi connectivity index (χ3v) is 6.27. The zero-order chi connectivity index (χ0) is 17.0. The Morgan fingerprint density at radius 3 is 2.92 bits per heavy atom. The summed E-state index contributed by atoms with van der Waals surface area (Å²) in [4.78, 5) is 27.7. The van der Waals surface area contributed by atoms with Crippen molar-refractivity contribution in [3.63, 3.8) is 0 Å². The second kappa shape index (κ2) is 7.66. The maximum atomic E-state index is 12.3. The first-order valence-electron chi connectivity index (χ1n) is 8.86. The predicted molar refractivity (Wildman–Crippen MR) is 95.9 cm³/mol. The first-order valence-corrected chi connectivity index (χ1v) is 9.74. The summed E-state index contributed by atoms with van der Waals surface area (Å²) in [6.45, 7) is 6.45. The van der Waals surface area contributed by atoms with Gasteiger partial charge in [-0.25, -0.2) is 0 Å². The molecule has 2 amide bonds. The van der Waals surface area contributed by atoms with E-state index >= 15 is 0 Å². The number of carbonyl (C=O) groups is 2. The smallest absolute Gasteiger partial charge is 0.223 e. The van der Waals surface area contributed by atoms with Crippen LogP contribution in [0.25, 0.3) is 0 Å². The molecule has 0 bridgehead atoms. The van der Waals surface area contributed by atoms with Crippen molar-refractivity contribution in [1.29, 1.82) is 0 Å². The molecule has 2 aliphatic heterocycles. The van der Waals surface area contributed by atoms with E-state index in [9.17, 15) is 9.59 Å². The largest absolute Gasteiger partial charge is 0.356 e. The Bertz CT molecular complexity index is 593. The number of hydrogen-bond acceptors (Lipinski definition) is 4. The lowest BCUT2D eigenvalue weighted by molar-refractivity contribution is -0.134. The zero-order valence-corrected chi connectivity index (χ0v) is 15.2. The van der Waals surface area contributed by atoms with Gasteiger partial charge in [-0.1, -0.05) is 6.92 Å². The second-order valence-electron chi connectivity index (χ2n) is 7.27. The molecular weight excluding hydrogens is 322 g/mol. The number of nitrogens with one attached hydrogen (secondary N) is 2. The zero-order valence-electron chi connectivity index (χ0n) is 14.4. The standard InChI is InChI=1S/C18H27N3O2S/c1-18(6-8-19-9-7-18)13-20-16(22)2-3-17(23)21-10-4-15-14(12-21)5-11-24-15/h5,11,19H,2-4,6-10,12-13H2,1H3,(H,20,22). The molecular formula is C18H27N3O2S. The van der Waals surface area contributed by atoms with E-state index in [4.69, 9.17) is 0 Å². The highest BCUT2D eigenvalue weighted by molar-refractivity contribution is 7.10. The van der Waals surface area contributed by atoms with E-state index in [-0.39, 0.29) is 17.2 Å². The molecule has 2 aliphatic rings. The lowest BCUT2D eigenvalue weighted by Gasteiger charge is -2.34. The summed E-state index contributed by atoms with van der Waals surface area (Å²) in [5.74, 6) is 0.0893. The molecule has 3 rings (SSSR count). The molecule has 0 saturated carbocycles. The van der Waals surface area contributed by atoms with E-state index in [0.717, 1.165) is 38.9 Å². The SMILES string of the molecule is CC1(CNC(=O)CCC(=O)N2CCc3sccc3C2)CCNCC1. The van der Waals surface area contributed by atoms with E-state index in [0.29, 0.717) is 25.9 Å². The van der Waals surface area contributed by atoms with Gasteiger partial charge in [0.15, 0.2) is 0 Å². The van der Waals surface area contributed by atoms with Crippen molar-refractivity contribution < 1.29 is 9.59 Å². The second-order valence-corrected chi connectivity index (χ2v) is 8.27. The molecule has 0 aromatic carbocycles. The van der Waals surface area contributed by atoms with Gasteiger partial charge >= 0.3 is 0 Å². The monoisotopic (exact) mass is 349 g/mol. The molecule has 2 N–H and O–H groups in total. The third-order valence-electron chi connectivity index (χ3n) is 5.25. The molecule has 0 aliphatic carbocycles. The third kappa shape index (κ3) is 4.36. The van der Waals surface area contributed by atoms with Crippen LogP contribution in [0.5, 0.6) is 0 Å². The highest BCUT2D eigenvalue weighted by atomic mass is 32.1. The van der Waals surface area contributed by atoms with Crippen molar-refractivity contribution in [2.75, 3.05) is 26.2 Å². The van der Waals surface area contributed by atoms with Gasteiger partial charge in [-0.2, -0.15) is 0 Å². The van der Waals surface area contributed by atoms with Gasteiger partial charge in [0.2, 0.25) is 11.8 Å². The maximum Gasteiger partial charge on any atom is 0.223 e. The van der Waals surface area contributed by atoms with E-state index in [1.165, 1.54) is 10.4 Å². The fourth-order valence-electron chi connectivity index (χ4n) is 3.45. The van der Waals surface area contributed by atoms with Crippen LogP contribution in [-0.4, -0.2) is 42.9 Å². The van der Waals surface area contributed by atoms with Gasteiger partial charge in [0, 0.05) is 37.4 Å². The molecule has 0 radical (unpaired) electrons. The molecule has 1 aromatic rings. The van der Waals surface area contributed by atoms with Crippen LogP contribution in [0.4, 0.5) is 0 Å². The van der Waals surface area contributed by atoms with Crippen LogP contribution < -0.4 is 10.6 Å². The minimum Gasteiger partial charge on any atom is -0.356 e. The number of amides is 2. The summed E-state index contributed by atoms with van der Waals surface area (Å²) < 4.78 is 0. The van der Waals surface area contributed by atoms with Crippen LogP contribution in [-0.2, 0) is 22.6 Å². The number of hydrogen-bond donors (Lipinski definition) is 2. The quantitative estimate of drug-likeness (QED) is 0.854. The number of thiophene rings is 1. The Balaban J connectivity index is 1.39. The van der Waals surface area contributed by atoms with E-state index < -0.39 is 0 Å². The summed E-state index contributed by atoms with van der Waals surface area (Å²) in [7, 11) is 0. The number of carbonyl (C=O) groups excluding carboxylic acids is 2. The van der Waals surface area contributed by atoms with Gasteiger partial charge in [0.05, 0.1) is 0 Å². The summed E-state index contributed by atoms with van der Waals surface area (Å²) in [6, 6.07) is 2.10. The van der Waals surface area contributed by atoms with Crippen LogP contribution in [0, 0.1) is 5.41 Å². The van der Waals surface area contributed by atoms with Crippen LogP contribution in [0.3, 0.4) is 0 Å². The van der Waals surface area contributed by atoms with Gasteiger partial charge in [-0.15, -0.1) is 11.3 Å². The van der Waals surface area contributed by atoms with Crippen molar-refractivity contribution >= 4 is 23.2 Å². The van der Waals surface area contributed by atoms with Crippen LogP contribution in [0.1, 0.15) is 43.0 Å². The number of rotatable bonds is 5. The minimum atomic E-state index is -0.00339. The normalized spacial score (nSPS) is 19.6. The molecule has 6 heteroatoms. The van der Waals surface area contributed by atoms with Crippen LogP contribution in [0.2, 0.25) is 0 Å². The Hall–Kier alpha value is -1.40. The molecule has 1 aromatic heterocycles. The molecule has 0 atom stereocenters. The van der Waals surface area contributed by atoms with Crippen molar-refractivity contribution in [3.8, 4) is 0 Å². The van der Waals surface area contributed by atoms with Crippen molar-refractivity contribution in [3.05, 3.63) is 21.9 Å². The maximum absolute atomic E-state index is 12.3. The number of fused-ring (bicyclic) bond motifs is 1. The van der Waals surface area contributed by atoms with Crippen molar-refractivity contribution in [2.45, 2.75) is 45.6 Å². The molecule has 0 spiro atoms. The van der Waals surface area contributed by atoms with Gasteiger partial charge in [-0.05, 0) is 54.8 Å². The molecule has 24 heavy (non-hydrogen) atoms. The summed E-state index contributed by atoms with van der Waals surface area (Å²) in [5.41, 5.74) is 1.45. The molecule has 5 nitrogen and oxygen atoms in total. The Labute approximate surface area is 147 Å². The summed E-state index contributed by atoms with van der Waals surface area (Å²) in [6.07, 6.45) is 3.72. The summed E-state index contributed by atoms with van der Waals surface area (Å²) >= 11 is 1.77. The van der Waals surface area contributed by atoms with E-state index in [1.54, 1.807) is 11.3 Å². The first kappa shape index (κ1) is 17.4. The van der Waals surface area contributed by atoms with Crippen LogP contribution >= 0.6 is 11.3 Å². The molecule has 132 valence electrons. The van der Waals surface area contributed by atoms with Crippen molar-refractivity contribution in [1.82, 2.24) is 15.5 Å². The van der Waals surface area contributed by atoms with Gasteiger partial charge < -0.3 is 15.5 Å². The van der Waals surface area contributed by atoms with E-state index in [2.05, 4.69) is 29.0 Å². The predicted octanol–water partition coefficient (Wildman–Crippen LogP) is 1.92. The Morgan fingerprint density at radius 1 is 1.33 bits per heavy atom. The fraction of sp³-hybridized carbons (Fsp3) is 0.667. The first-order chi connectivity index (χ1) is 11.6. The Kier molecular flexibility index (Phi) is 5.56. The van der Waals surface area contributed by atoms with Gasteiger partial charge in [0.25, 0.3) is 0 Å². The Morgan fingerprint density at radius 2 is 2.12 bits per heavy atom. The van der Waals surface area contributed by atoms with E-state index in [1.807, 2.05) is 4.90 Å². The molecule has 1 saturated heterocycles. The summed E-state index contributed by atoms with van der Waals surface area (Å²) in [5, 5.41) is 8.46. The highest BCUT2D eigenvalue weighted by Gasteiger charge is 2.27. The van der Waals surface area contributed by atoms with Crippen LogP contribution in [0.15, 0.2) is 11.4 Å². The minimum absolute atomic E-state index is 0.00339. The number of piperidine rings is 1. The lowest BCUT2D eigenvalue weighted by Crippen LogP contribution is -2.43. The molecule has 0 unspecified atom stereocenters. The van der Waals surface area contributed by atoms with Gasteiger partial charge in [0.1, 0.15) is 0 Å². The highest BCUT2D eigenvalue weighted by Crippen LogP contribution is 2.27. The van der Waals surface area contributed by atoms with Crippen molar-refractivity contribution in [2.24, 2.45) is 5.41 Å². The topological polar surface area (TPSA) is 61.4 Å². The fourth-order valence-corrected chi connectivity index (χ4v) is 4.34. The number of nitrogens with zero attached hydrogens (tertiary/aromatic N) is 1. The van der Waals surface area contributed by atoms with Gasteiger partial charge in [-0.3, -0.25) is 9.59 Å². The molecule has 3 heterocycles. The average molecular weight is 350 g/mol. The molecule has 1 fully saturated rings. The average Bonchev–Trinajstić information content (AvgIpc) is 3.06. The lowest BCUT2D eigenvalue weighted by atomic mass is 9.81.